The Morgan fingerprint density at radius 1 is 1.82 bits per heavy atom. The van der Waals surface area contributed by atoms with Gasteiger partial charge in [0.15, 0.2) is 0 Å². The predicted octanol–water partition coefficient (Wildman–Crippen LogP) is -0.664. The molecule has 0 saturated carbocycles. The first-order valence-corrected chi connectivity index (χ1v) is 3.14. The first-order valence-electron chi connectivity index (χ1n) is 3.14. The van der Waals surface area contributed by atoms with Crippen molar-refractivity contribution in [3.05, 3.63) is 22.7 Å². The van der Waals surface area contributed by atoms with Crippen LogP contribution in [0.2, 0.25) is 0 Å². The SMILES string of the molecule is CC(O)n1c(N)ccnc1=O. The Kier molecular flexibility index (Phi) is 1.91. The molecule has 0 aliphatic carbocycles. The van der Waals surface area contributed by atoms with Gasteiger partial charge >= 0.3 is 5.69 Å². The zero-order valence-corrected chi connectivity index (χ0v) is 6.06. The van der Waals surface area contributed by atoms with Crippen LogP contribution in [0.15, 0.2) is 17.1 Å². The average Bonchev–Trinajstić information content (AvgIpc) is 1.85. The van der Waals surface area contributed by atoms with E-state index in [1.54, 1.807) is 0 Å². The Labute approximate surface area is 63.1 Å². The molecule has 1 aromatic rings. The summed E-state index contributed by atoms with van der Waals surface area (Å²) in [5.41, 5.74) is 4.84. The minimum atomic E-state index is -0.934. The molecule has 3 N–H and O–H groups in total. The summed E-state index contributed by atoms with van der Waals surface area (Å²) >= 11 is 0. The maximum absolute atomic E-state index is 10.9. The summed E-state index contributed by atoms with van der Waals surface area (Å²) in [5.74, 6) is 0.208. The van der Waals surface area contributed by atoms with E-state index >= 15 is 0 Å². The largest absolute Gasteiger partial charge is 0.385 e. The zero-order valence-electron chi connectivity index (χ0n) is 6.06. The van der Waals surface area contributed by atoms with Crippen LogP contribution in [-0.2, 0) is 0 Å². The molecule has 0 radical (unpaired) electrons. The molecular weight excluding hydrogens is 146 g/mol. The van der Waals surface area contributed by atoms with Crippen LogP contribution in [0, 0.1) is 0 Å². The van der Waals surface area contributed by atoms with Gasteiger partial charge in [0, 0.05) is 6.20 Å². The lowest BCUT2D eigenvalue weighted by atomic mass is 10.5. The molecule has 1 aromatic heterocycles. The molecule has 0 aliphatic heterocycles. The quantitative estimate of drug-likeness (QED) is 0.564. The first kappa shape index (κ1) is 7.74. The van der Waals surface area contributed by atoms with E-state index in [2.05, 4.69) is 4.98 Å². The van der Waals surface area contributed by atoms with E-state index < -0.39 is 11.9 Å². The van der Waals surface area contributed by atoms with Crippen molar-refractivity contribution < 1.29 is 5.11 Å². The van der Waals surface area contributed by atoms with Crippen molar-refractivity contribution >= 4 is 5.82 Å². The summed E-state index contributed by atoms with van der Waals surface area (Å²) in [4.78, 5) is 14.3. The molecule has 60 valence electrons. The lowest BCUT2D eigenvalue weighted by Crippen LogP contribution is -2.27. The zero-order chi connectivity index (χ0) is 8.43. The van der Waals surface area contributed by atoms with Gasteiger partial charge in [0.25, 0.3) is 0 Å². The fourth-order valence-electron chi connectivity index (χ4n) is 0.806. The van der Waals surface area contributed by atoms with Crippen LogP contribution < -0.4 is 11.4 Å². The Hall–Kier alpha value is -1.36. The molecule has 5 heteroatoms. The molecule has 0 spiro atoms. The van der Waals surface area contributed by atoms with Crippen LogP contribution in [0.25, 0.3) is 0 Å². The van der Waals surface area contributed by atoms with Crippen LogP contribution in [-0.4, -0.2) is 14.7 Å². The van der Waals surface area contributed by atoms with Gasteiger partial charge in [-0.15, -0.1) is 0 Å². The van der Waals surface area contributed by atoms with Crippen LogP contribution in [0.1, 0.15) is 13.2 Å². The van der Waals surface area contributed by atoms with Gasteiger partial charge in [-0.25, -0.2) is 9.78 Å². The molecule has 1 heterocycles. The summed E-state index contributed by atoms with van der Waals surface area (Å²) in [6.45, 7) is 1.44. The normalized spacial score (nSPS) is 12.9. The predicted molar refractivity (Wildman–Crippen MR) is 39.8 cm³/mol. The Morgan fingerprint density at radius 3 is 2.82 bits per heavy atom. The molecule has 1 rings (SSSR count). The Balaban J connectivity index is 3.33. The number of aromatic nitrogens is 2. The average molecular weight is 155 g/mol. The number of anilines is 1. The van der Waals surface area contributed by atoms with Gasteiger partial charge in [-0.2, -0.15) is 0 Å². The Bertz CT molecular complexity index is 305. The fraction of sp³-hybridized carbons (Fsp3) is 0.333. The van der Waals surface area contributed by atoms with E-state index in [0.29, 0.717) is 0 Å². The van der Waals surface area contributed by atoms with Crippen molar-refractivity contribution in [3.63, 3.8) is 0 Å². The maximum atomic E-state index is 10.9. The topological polar surface area (TPSA) is 81.1 Å². The minimum Gasteiger partial charge on any atom is -0.385 e. The van der Waals surface area contributed by atoms with Crippen molar-refractivity contribution in [1.29, 1.82) is 0 Å². The van der Waals surface area contributed by atoms with Gasteiger partial charge in [0.1, 0.15) is 12.0 Å². The second-order valence-electron chi connectivity index (χ2n) is 2.15. The highest BCUT2D eigenvalue weighted by Crippen LogP contribution is 2.02. The third kappa shape index (κ3) is 1.38. The van der Waals surface area contributed by atoms with Gasteiger partial charge in [-0.05, 0) is 13.0 Å². The molecule has 1 unspecified atom stereocenters. The molecular formula is C6H9N3O2. The second kappa shape index (κ2) is 2.71. The number of aliphatic hydroxyl groups excluding tert-OH is 1. The van der Waals surface area contributed by atoms with Gasteiger partial charge in [-0.1, -0.05) is 0 Å². The molecule has 0 bridgehead atoms. The highest BCUT2D eigenvalue weighted by Gasteiger charge is 2.04. The van der Waals surface area contributed by atoms with E-state index in [1.807, 2.05) is 0 Å². The van der Waals surface area contributed by atoms with Gasteiger partial charge in [0.2, 0.25) is 0 Å². The number of rotatable bonds is 1. The standard InChI is InChI=1S/C6H9N3O2/c1-4(10)9-5(7)2-3-8-6(9)11/h2-4,10H,7H2,1H3. The van der Waals surface area contributed by atoms with E-state index in [9.17, 15) is 4.79 Å². The second-order valence-corrected chi connectivity index (χ2v) is 2.15. The van der Waals surface area contributed by atoms with Gasteiger partial charge in [-0.3, -0.25) is 4.57 Å². The number of nitrogens with zero attached hydrogens (tertiary/aromatic N) is 2. The van der Waals surface area contributed by atoms with E-state index in [-0.39, 0.29) is 5.82 Å². The lowest BCUT2D eigenvalue weighted by molar-refractivity contribution is 0.121. The number of nitrogens with two attached hydrogens (primary N) is 1. The molecule has 0 aromatic carbocycles. The first-order chi connectivity index (χ1) is 5.13. The minimum absolute atomic E-state index is 0.208. The lowest BCUT2D eigenvalue weighted by Gasteiger charge is -2.09. The van der Waals surface area contributed by atoms with Crippen LogP contribution in [0.4, 0.5) is 5.82 Å². The fourth-order valence-corrected chi connectivity index (χ4v) is 0.806. The third-order valence-corrected chi connectivity index (χ3v) is 1.29. The van der Waals surface area contributed by atoms with Crippen LogP contribution in [0.3, 0.4) is 0 Å². The number of hydrogen-bond acceptors (Lipinski definition) is 4. The molecule has 0 aliphatic rings. The van der Waals surface area contributed by atoms with E-state index in [4.69, 9.17) is 10.8 Å². The summed E-state index contributed by atoms with van der Waals surface area (Å²) < 4.78 is 1.00. The molecule has 11 heavy (non-hydrogen) atoms. The van der Waals surface area contributed by atoms with Crippen molar-refractivity contribution in [1.82, 2.24) is 9.55 Å². The van der Waals surface area contributed by atoms with Crippen molar-refractivity contribution in [2.24, 2.45) is 0 Å². The third-order valence-electron chi connectivity index (χ3n) is 1.29. The van der Waals surface area contributed by atoms with E-state index in [1.165, 1.54) is 19.2 Å². The summed E-state index contributed by atoms with van der Waals surface area (Å²) in [6.07, 6.45) is 0.368. The molecule has 1 atom stereocenters. The highest BCUT2D eigenvalue weighted by atomic mass is 16.3. The molecule has 0 fully saturated rings. The Morgan fingerprint density at radius 2 is 2.45 bits per heavy atom. The number of aliphatic hydroxyl groups is 1. The van der Waals surface area contributed by atoms with Gasteiger partial charge < -0.3 is 10.8 Å². The van der Waals surface area contributed by atoms with Crippen molar-refractivity contribution in [3.8, 4) is 0 Å². The maximum Gasteiger partial charge on any atom is 0.351 e. The van der Waals surface area contributed by atoms with Crippen LogP contribution in [0.5, 0.6) is 0 Å². The molecule has 0 saturated heterocycles. The van der Waals surface area contributed by atoms with Crippen molar-refractivity contribution in [2.45, 2.75) is 13.2 Å². The monoisotopic (exact) mass is 155 g/mol. The van der Waals surface area contributed by atoms with E-state index in [0.717, 1.165) is 4.57 Å². The summed E-state index contributed by atoms with van der Waals surface area (Å²) in [7, 11) is 0. The smallest absolute Gasteiger partial charge is 0.351 e. The molecule has 0 amide bonds. The number of nitrogen functional groups attached to an aromatic ring is 1. The van der Waals surface area contributed by atoms with Gasteiger partial charge in [0.05, 0.1) is 0 Å². The van der Waals surface area contributed by atoms with Crippen LogP contribution >= 0.6 is 0 Å². The summed E-state index contributed by atoms with van der Waals surface area (Å²) in [5, 5.41) is 9.03. The highest BCUT2D eigenvalue weighted by molar-refractivity contribution is 5.26. The number of hydrogen-bond donors (Lipinski definition) is 2. The van der Waals surface area contributed by atoms with Crippen molar-refractivity contribution in [2.75, 3.05) is 5.73 Å². The molecule has 5 nitrogen and oxygen atoms in total. The summed E-state index contributed by atoms with van der Waals surface area (Å²) in [6, 6.07) is 1.45.